The largest absolute Gasteiger partial charge is 0.478 e. The van der Waals surface area contributed by atoms with E-state index in [1.807, 2.05) is 0 Å². The molecule has 2 nitrogen and oxygen atoms in total. The molecule has 86 valence electrons. The molecule has 0 atom stereocenters. The molecule has 6 heteroatoms. The molecule has 0 radical (unpaired) electrons. The fraction of sp³-hybridized carbons (Fsp3) is 0.100. The van der Waals surface area contributed by atoms with Crippen LogP contribution in [0.15, 0.2) is 24.3 Å². The van der Waals surface area contributed by atoms with Crippen LogP contribution >= 0.6 is 22.6 Å². The summed E-state index contributed by atoms with van der Waals surface area (Å²) in [6.45, 7) is 0. The Bertz CT molecular complexity index is 438. The number of halogens is 4. The third-order valence-corrected chi connectivity index (χ3v) is 2.40. The van der Waals surface area contributed by atoms with Crippen molar-refractivity contribution in [1.82, 2.24) is 0 Å². The number of carbonyl (C=O) groups is 1. The van der Waals surface area contributed by atoms with E-state index in [1.165, 1.54) is 12.1 Å². The molecule has 0 amide bonds. The molecule has 1 N–H and O–H groups in total. The molecule has 1 rings (SSSR count). The van der Waals surface area contributed by atoms with Crippen LogP contribution in [0.2, 0.25) is 0 Å². The Labute approximate surface area is 103 Å². The zero-order chi connectivity index (χ0) is 12.3. The Balaban J connectivity index is 3.23. The number of carboxylic acids is 1. The molecule has 0 heterocycles. The summed E-state index contributed by atoms with van der Waals surface area (Å²) in [5.74, 6) is -1.29. The molecule has 0 saturated heterocycles. The Morgan fingerprint density at radius 1 is 1.38 bits per heavy atom. The first-order chi connectivity index (χ1) is 7.30. The lowest BCUT2D eigenvalue weighted by Crippen LogP contribution is -2.07. The van der Waals surface area contributed by atoms with Gasteiger partial charge in [-0.2, -0.15) is 13.2 Å². The van der Waals surface area contributed by atoms with E-state index in [4.69, 9.17) is 5.11 Å². The molecular formula is C10H6F3IO2. The second kappa shape index (κ2) is 4.86. The van der Waals surface area contributed by atoms with Crippen LogP contribution < -0.4 is 0 Å². The minimum absolute atomic E-state index is 0.157. The molecule has 0 spiro atoms. The van der Waals surface area contributed by atoms with Gasteiger partial charge in [0.2, 0.25) is 0 Å². The summed E-state index contributed by atoms with van der Waals surface area (Å²) in [4.78, 5) is 10.2. The zero-order valence-corrected chi connectivity index (χ0v) is 9.91. The maximum absolute atomic E-state index is 12.6. The van der Waals surface area contributed by atoms with E-state index in [1.54, 1.807) is 22.6 Å². The molecule has 0 aliphatic carbocycles. The van der Waals surface area contributed by atoms with Crippen molar-refractivity contribution in [2.75, 3.05) is 0 Å². The van der Waals surface area contributed by atoms with Gasteiger partial charge in [0.1, 0.15) is 0 Å². The van der Waals surface area contributed by atoms with Gasteiger partial charge in [-0.15, -0.1) is 0 Å². The molecular weight excluding hydrogens is 336 g/mol. The summed E-state index contributed by atoms with van der Waals surface area (Å²) in [6.07, 6.45) is -2.88. The van der Waals surface area contributed by atoms with Crippen molar-refractivity contribution in [3.05, 3.63) is 39.0 Å². The number of alkyl halides is 3. The van der Waals surface area contributed by atoms with Crippen molar-refractivity contribution in [1.29, 1.82) is 0 Å². The molecule has 0 fully saturated rings. The highest BCUT2D eigenvalue weighted by Crippen LogP contribution is 2.33. The summed E-state index contributed by atoms with van der Waals surface area (Å²) < 4.78 is 38.1. The van der Waals surface area contributed by atoms with E-state index in [2.05, 4.69) is 0 Å². The van der Waals surface area contributed by atoms with Gasteiger partial charge in [-0.25, -0.2) is 4.79 Å². The Kier molecular flexibility index (Phi) is 3.95. The van der Waals surface area contributed by atoms with Gasteiger partial charge in [-0.1, -0.05) is 6.07 Å². The fourth-order valence-corrected chi connectivity index (χ4v) is 1.57. The number of carboxylic acid groups (broad SMARTS) is 1. The van der Waals surface area contributed by atoms with E-state index >= 15 is 0 Å². The lowest BCUT2D eigenvalue weighted by molar-refractivity contribution is -0.138. The van der Waals surface area contributed by atoms with Gasteiger partial charge < -0.3 is 5.11 Å². The van der Waals surface area contributed by atoms with Crippen LogP contribution in [0.25, 0.3) is 6.08 Å². The van der Waals surface area contributed by atoms with Crippen LogP contribution in [0.5, 0.6) is 0 Å². The second-order valence-electron chi connectivity index (χ2n) is 2.90. The Hall–Kier alpha value is -1.05. The number of benzene rings is 1. The highest BCUT2D eigenvalue weighted by Gasteiger charge is 2.32. The normalized spacial score (nSPS) is 12.0. The third-order valence-electron chi connectivity index (χ3n) is 1.73. The molecule has 0 saturated carbocycles. The van der Waals surface area contributed by atoms with Gasteiger partial charge in [0.25, 0.3) is 0 Å². The van der Waals surface area contributed by atoms with Gasteiger partial charge in [-0.05, 0) is 46.4 Å². The van der Waals surface area contributed by atoms with Gasteiger partial charge in [-0.3, -0.25) is 0 Å². The predicted octanol–water partition coefficient (Wildman–Crippen LogP) is 3.41. The summed E-state index contributed by atoms with van der Waals surface area (Å²) in [5.41, 5.74) is -0.993. The highest BCUT2D eigenvalue weighted by molar-refractivity contribution is 14.1. The van der Waals surface area contributed by atoms with Crippen molar-refractivity contribution >= 4 is 34.6 Å². The first kappa shape index (κ1) is 13.0. The van der Waals surface area contributed by atoms with Gasteiger partial charge in [0.05, 0.1) is 5.56 Å². The highest BCUT2D eigenvalue weighted by atomic mass is 127. The van der Waals surface area contributed by atoms with Gasteiger partial charge in [0, 0.05) is 9.65 Å². The summed E-state index contributed by atoms with van der Waals surface area (Å²) in [6, 6.07) is 3.70. The number of hydrogen-bond acceptors (Lipinski definition) is 1. The van der Waals surface area contributed by atoms with Crippen molar-refractivity contribution in [3.63, 3.8) is 0 Å². The molecule has 1 aromatic carbocycles. The molecule has 1 aromatic rings. The zero-order valence-electron chi connectivity index (χ0n) is 7.75. The van der Waals surface area contributed by atoms with Gasteiger partial charge >= 0.3 is 12.1 Å². The lowest BCUT2D eigenvalue weighted by Gasteiger charge is -2.10. The van der Waals surface area contributed by atoms with Crippen molar-refractivity contribution in [2.45, 2.75) is 6.18 Å². The third kappa shape index (κ3) is 3.51. The smallest absolute Gasteiger partial charge is 0.417 e. The van der Waals surface area contributed by atoms with E-state index in [-0.39, 0.29) is 5.56 Å². The van der Waals surface area contributed by atoms with Crippen LogP contribution in [0.1, 0.15) is 11.1 Å². The van der Waals surface area contributed by atoms with Crippen LogP contribution in [-0.4, -0.2) is 11.1 Å². The molecule has 0 aliphatic rings. The first-order valence-electron chi connectivity index (χ1n) is 4.08. The maximum Gasteiger partial charge on any atom is 0.417 e. The van der Waals surface area contributed by atoms with Crippen LogP contribution in [0, 0.1) is 3.57 Å². The molecule has 0 aliphatic heterocycles. The van der Waals surface area contributed by atoms with Gasteiger partial charge in [0.15, 0.2) is 0 Å². The lowest BCUT2D eigenvalue weighted by atomic mass is 10.1. The quantitative estimate of drug-likeness (QED) is 0.661. The fourth-order valence-electron chi connectivity index (χ4n) is 1.08. The maximum atomic E-state index is 12.6. The van der Waals surface area contributed by atoms with Crippen LogP contribution in [0.4, 0.5) is 13.2 Å². The minimum Gasteiger partial charge on any atom is -0.478 e. The van der Waals surface area contributed by atoms with E-state index in [0.717, 1.165) is 12.1 Å². The second-order valence-corrected chi connectivity index (χ2v) is 4.15. The minimum atomic E-state index is -4.49. The van der Waals surface area contributed by atoms with E-state index in [0.29, 0.717) is 9.65 Å². The van der Waals surface area contributed by atoms with Crippen LogP contribution in [0.3, 0.4) is 0 Å². The number of aliphatic carboxylic acids is 1. The van der Waals surface area contributed by atoms with Crippen molar-refractivity contribution in [3.8, 4) is 0 Å². The predicted molar refractivity (Wildman–Crippen MR) is 60.8 cm³/mol. The standard InChI is InChI=1S/C10H6F3IO2/c11-10(12,13)8-5-7(14)3-1-6(8)2-4-9(15)16/h1-5H,(H,15,16)/b4-2+. The Morgan fingerprint density at radius 3 is 2.50 bits per heavy atom. The Morgan fingerprint density at radius 2 is 2.00 bits per heavy atom. The average molecular weight is 342 g/mol. The first-order valence-corrected chi connectivity index (χ1v) is 5.16. The summed E-state index contributed by atoms with van der Waals surface area (Å²) in [5, 5.41) is 8.35. The number of rotatable bonds is 2. The SMILES string of the molecule is O=C(O)/C=C/c1ccc(I)cc1C(F)(F)F. The molecule has 0 aromatic heterocycles. The van der Waals surface area contributed by atoms with Crippen LogP contribution in [-0.2, 0) is 11.0 Å². The average Bonchev–Trinajstić information content (AvgIpc) is 2.14. The monoisotopic (exact) mass is 342 g/mol. The topological polar surface area (TPSA) is 37.3 Å². The van der Waals surface area contributed by atoms with E-state index < -0.39 is 17.7 Å². The van der Waals surface area contributed by atoms with Crippen molar-refractivity contribution < 1.29 is 23.1 Å². The number of hydrogen-bond donors (Lipinski definition) is 1. The summed E-state index contributed by atoms with van der Waals surface area (Å²) >= 11 is 1.76. The van der Waals surface area contributed by atoms with E-state index in [9.17, 15) is 18.0 Å². The molecule has 0 unspecified atom stereocenters. The molecule has 16 heavy (non-hydrogen) atoms. The summed E-state index contributed by atoms with van der Waals surface area (Å²) in [7, 11) is 0. The molecule has 0 bridgehead atoms. The van der Waals surface area contributed by atoms with Crippen molar-refractivity contribution in [2.24, 2.45) is 0 Å².